The second-order valence-corrected chi connectivity index (χ2v) is 7.08. The normalized spacial score (nSPS) is 19.2. The van der Waals surface area contributed by atoms with Gasteiger partial charge in [0.1, 0.15) is 5.82 Å². The minimum atomic E-state index is -0.373. The van der Waals surface area contributed by atoms with Crippen molar-refractivity contribution in [1.29, 1.82) is 5.26 Å². The molecule has 23 heavy (non-hydrogen) atoms. The van der Waals surface area contributed by atoms with Gasteiger partial charge in [0.2, 0.25) is 0 Å². The van der Waals surface area contributed by atoms with Gasteiger partial charge in [-0.1, -0.05) is 6.07 Å². The smallest absolute Gasteiger partial charge is 0.399 e. The summed E-state index contributed by atoms with van der Waals surface area (Å²) >= 11 is 0. The largest absolute Gasteiger partial charge is 0.494 e. The number of benzene rings is 1. The van der Waals surface area contributed by atoms with Crippen molar-refractivity contribution >= 4 is 23.6 Å². The maximum atomic E-state index is 8.76. The molecule has 0 radical (unpaired) electrons. The molecule has 3 rings (SSSR count). The average molecular weight is 311 g/mol. The topological polar surface area (TPSA) is 60.1 Å². The van der Waals surface area contributed by atoms with E-state index in [1.807, 2.05) is 23.7 Å². The molecule has 0 atom stereocenters. The van der Waals surface area contributed by atoms with Crippen molar-refractivity contribution in [2.24, 2.45) is 7.05 Å². The van der Waals surface area contributed by atoms with E-state index in [0.29, 0.717) is 12.8 Å². The summed E-state index contributed by atoms with van der Waals surface area (Å²) in [5, 5.41) is 8.76. The Labute approximate surface area is 137 Å². The molecule has 1 saturated heterocycles. The molecule has 1 aromatic heterocycles. The molecular weight excluding hydrogens is 289 g/mol. The Kier molecular flexibility index (Phi) is 3.74. The van der Waals surface area contributed by atoms with Crippen LogP contribution in [-0.2, 0) is 22.8 Å². The number of fused-ring (bicyclic) bond motifs is 1. The molecule has 120 valence electrons. The molecule has 2 aromatic rings. The van der Waals surface area contributed by atoms with Gasteiger partial charge in [0.15, 0.2) is 0 Å². The fraction of sp³-hybridized carbons (Fsp3) is 0.529. The van der Waals surface area contributed by atoms with E-state index in [1.165, 1.54) is 0 Å². The highest BCUT2D eigenvalue weighted by Crippen LogP contribution is 2.36. The van der Waals surface area contributed by atoms with Crippen LogP contribution in [0.2, 0.25) is 0 Å². The quantitative estimate of drug-likeness (QED) is 0.816. The number of hydrogen-bond acceptors (Lipinski definition) is 4. The van der Waals surface area contributed by atoms with Gasteiger partial charge in [0, 0.05) is 19.9 Å². The van der Waals surface area contributed by atoms with Gasteiger partial charge in [0.05, 0.1) is 28.3 Å². The highest BCUT2D eigenvalue weighted by Gasteiger charge is 2.51. The Hall–Kier alpha value is -1.84. The van der Waals surface area contributed by atoms with Crippen LogP contribution in [0.3, 0.4) is 0 Å². The van der Waals surface area contributed by atoms with Gasteiger partial charge >= 0.3 is 7.12 Å². The number of aryl methyl sites for hydroxylation is 2. The molecule has 0 spiro atoms. The van der Waals surface area contributed by atoms with Crippen molar-refractivity contribution in [2.45, 2.75) is 51.7 Å². The highest BCUT2D eigenvalue weighted by atomic mass is 16.7. The third-order valence-corrected chi connectivity index (χ3v) is 4.98. The lowest BCUT2D eigenvalue weighted by Gasteiger charge is -2.32. The summed E-state index contributed by atoms with van der Waals surface area (Å²) in [6.45, 7) is 8.20. The number of hydrogen-bond donors (Lipinski definition) is 0. The first kappa shape index (κ1) is 16.0. The lowest BCUT2D eigenvalue weighted by Crippen LogP contribution is -2.41. The zero-order valence-corrected chi connectivity index (χ0v) is 14.4. The molecule has 1 aliphatic heterocycles. The van der Waals surface area contributed by atoms with Crippen molar-refractivity contribution in [3.05, 3.63) is 24.0 Å². The predicted molar refractivity (Wildman–Crippen MR) is 90.4 cm³/mol. The lowest BCUT2D eigenvalue weighted by molar-refractivity contribution is 0.00578. The van der Waals surface area contributed by atoms with Crippen LogP contribution < -0.4 is 5.46 Å². The van der Waals surface area contributed by atoms with Gasteiger partial charge < -0.3 is 13.9 Å². The molecule has 0 N–H and O–H groups in total. The number of nitrogens with zero attached hydrogens (tertiary/aromatic N) is 3. The Bertz CT molecular complexity index is 773. The molecule has 5 nitrogen and oxygen atoms in total. The molecule has 0 bridgehead atoms. The van der Waals surface area contributed by atoms with E-state index >= 15 is 0 Å². The molecule has 0 saturated carbocycles. The second-order valence-electron chi connectivity index (χ2n) is 7.08. The second kappa shape index (κ2) is 5.36. The van der Waals surface area contributed by atoms with Gasteiger partial charge in [-0.3, -0.25) is 0 Å². The van der Waals surface area contributed by atoms with Crippen molar-refractivity contribution in [3.8, 4) is 6.07 Å². The zero-order valence-electron chi connectivity index (χ0n) is 14.4. The molecule has 1 aromatic carbocycles. The molecule has 0 amide bonds. The van der Waals surface area contributed by atoms with Crippen molar-refractivity contribution in [2.75, 3.05) is 0 Å². The minimum Gasteiger partial charge on any atom is -0.399 e. The van der Waals surface area contributed by atoms with E-state index in [2.05, 4.69) is 44.8 Å². The first-order valence-electron chi connectivity index (χ1n) is 7.93. The number of imidazole rings is 1. The fourth-order valence-electron chi connectivity index (χ4n) is 2.77. The summed E-state index contributed by atoms with van der Waals surface area (Å²) < 4.78 is 14.3. The Balaban J connectivity index is 1.95. The van der Waals surface area contributed by atoms with Gasteiger partial charge in [-0.25, -0.2) is 4.98 Å². The Morgan fingerprint density at radius 3 is 2.48 bits per heavy atom. The first-order valence-corrected chi connectivity index (χ1v) is 7.93. The van der Waals surface area contributed by atoms with Gasteiger partial charge in [-0.15, -0.1) is 0 Å². The van der Waals surface area contributed by atoms with Crippen LogP contribution >= 0.6 is 0 Å². The fourth-order valence-corrected chi connectivity index (χ4v) is 2.77. The van der Waals surface area contributed by atoms with E-state index < -0.39 is 0 Å². The molecule has 1 fully saturated rings. The van der Waals surface area contributed by atoms with E-state index in [1.54, 1.807) is 0 Å². The van der Waals surface area contributed by atoms with E-state index in [0.717, 1.165) is 22.3 Å². The van der Waals surface area contributed by atoms with Crippen LogP contribution in [0.15, 0.2) is 18.2 Å². The number of aromatic nitrogens is 2. The van der Waals surface area contributed by atoms with Crippen molar-refractivity contribution in [3.63, 3.8) is 0 Å². The molecule has 6 heteroatoms. The standard InChI is InChI=1S/C17H22BN3O2/c1-16(2)17(3,4)23-18(22-16)12-8-9-13-14(11-12)21(5)15(20-13)7-6-10-19/h8-9,11H,6-7H2,1-5H3. The predicted octanol–water partition coefficient (Wildman–Crippen LogP) is 2.33. The first-order chi connectivity index (χ1) is 10.7. The van der Waals surface area contributed by atoms with Crippen LogP contribution in [0.1, 0.15) is 39.9 Å². The minimum absolute atomic E-state index is 0.350. The third kappa shape index (κ3) is 2.64. The van der Waals surface area contributed by atoms with Gasteiger partial charge in [-0.2, -0.15) is 5.26 Å². The molecular formula is C17H22BN3O2. The number of rotatable bonds is 3. The SMILES string of the molecule is Cn1c(CCC#N)nc2ccc(B3OC(C)(C)C(C)(C)O3)cc21. The summed E-state index contributed by atoms with van der Waals surface area (Å²) in [4.78, 5) is 4.60. The summed E-state index contributed by atoms with van der Waals surface area (Å²) in [6.07, 6.45) is 1.13. The third-order valence-electron chi connectivity index (χ3n) is 4.98. The van der Waals surface area contributed by atoms with Crippen LogP contribution in [0.4, 0.5) is 0 Å². The van der Waals surface area contributed by atoms with E-state index in [-0.39, 0.29) is 18.3 Å². The molecule has 0 aliphatic carbocycles. The van der Waals surface area contributed by atoms with Gasteiger partial charge in [-0.05, 0) is 45.3 Å². The van der Waals surface area contributed by atoms with Crippen molar-refractivity contribution in [1.82, 2.24) is 9.55 Å². The Morgan fingerprint density at radius 1 is 1.22 bits per heavy atom. The van der Waals surface area contributed by atoms with Crippen LogP contribution in [-0.4, -0.2) is 27.9 Å². The average Bonchev–Trinajstić information content (AvgIpc) is 2.90. The lowest BCUT2D eigenvalue weighted by atomic mass is 9.79. The molecule has 0 unspecified atom stereocenters. The Morgan fingerprint density at radius 2 is 1.87 bits per heavy atom. The maximum Gasteiger partial charge on any atom is 0.494 e. The summed E-state index contributed by atoms with van der Waals surface area (Å²) in [7, 11) is 1.61. The van der Waals surface area contributed by atoms with Crippen LogP contribution in [0.5, 0.6) is 0 Å². The highest BCUT2D eigenvalue weighted by molar-refractivity contribution is 6.62. The monoisotopic (exact) mass is 311 g/mol. The van der Waals surface area contributed by atoms with Crippen LogP contribution in [0.25, 0.3) is 11.0 Å². The van der Waals surface area contributed by atoms with Crippen molar-refractivity contribution < 1.29 is 9.31 Å². The van der Waals surface area contributed by atoms with E-state index in [9.17, 15) is 0 Å². The number of nitriles is 1. The maximum absolute atomic E-state index is 8.76. The zero-order chi connectivity index (χ0) is 16.8. The van der Waals surface area contributed by atoms with E-state index in [4.69, 9.17) is 14.6 Å². The summed E-state index contributed by atoms with van der Waals surface area (Å²) in [5.41, 5.74) is 2.26. The van der Waals surface area contributed by atoms with Gasteiger partial charge in [0.25, 0.3) is 0 Å². The summed E-state index contributed by atoms with van der Waals surface area (Å²) in [6, 6.07) is 8.24. The molecule has 2 heterocycles. The molecule has 1 aliphatic rings. The van der Waals surface area contributed by atoms with Crippen LogP contribution in [0, 0.1) is 11.3 Å². The summed E-state index contributed by atoms with van der Waals surface area (Å²) in [5.74, 6) is 0.924.